The molecule has 0 aromatic heterocycles. The minimum Gasteiger partial charge on any atom is -0.504 e. The Bertz CT molecular complexity index is 1870. The zero-order chi connectivity index (χ0) is 32.2. The number of aromatic hydroxyl groups is 1. The van der Waals surface area contributed by atoms with E-state index in [0.717, 1.165) is 33.4 Å². The van der Waals surface area contributed by atoms with Crippen molar-refractivity contribution < 1.29 is 33.6 Å². The van der Waals surface area contributed by atoms with Gasteiger partial charge in [0.2, 0.25) is 6.79 Å². The second kappa shape index (κ2) is 10.1. The molecule has 3 aromatic rings. The van der Waals surface area contributed by atoms with Crippen molar-refractivity contribution >= 4 is 11.8 Å². The monoisotopic (exact) mass is 622 g/mol. The molecule has 3 aromatic carbocycles. The molecule has 5 heterocycles. The van der Waals surface area contributed by atoms with Crippen LogP contribution in [0.2, 0.25) is 0 Å². The molecule has 2 bridgehead atoms. The minimum absolute atomic E-state index is 0.00471. The maximum Gasteiger partial charge on any atom is 0.261 e. The van der Waals surface area contributed by atoms with Crippen LogP contribution in [0.5, 0.6) is 28.7 Å². The lowest BCUT2D eigenvalue weighted by atomic mass is 9.71. The van der Waals surface area contributed by atoms with Crippen molar-refractivity contribution in [3.8, 4) is 34.8 Å². The van der Waals surface area contributed by atoms with E-state index in [1.54, 1.807) is 38.5 Å². The second-order valence-corrected chi connectivity index (χ2v) is 12.7. The molecule has 5 aliphatic rings. The number of methoxy groups -OCH3 is 2. The van der Waals surface area contributed by atoms with E-state index in [9.17, 15) is 20.0 Å². The first-order chi connectivity index (χ1) is 22.2. The first kappa shape index (κ1) is 28.7. The number of hydrogen-bond acceptors (Lipinski definition) is 10. The molecule has 1 N–H and O–H groups in total. The molecule has 236 valence electrons. The number of carbonyl (C=O) groups is 2. The molecular formula is C35H34N4O7. The molecule has 5 atom stereocenters. The summed E-state index contributed by atoms with van der Waals surface area (Å²) in [5.41, 5.74) is 5.74. The fourth-order valence-corrected chi connectivity index (χ4v) is 8.86. The summed E-state index contributed by atoms with van der Waals surface area (Å²) in [6.45, 7) is 3.85. The number of nitriles is 1. The van der Waals surface area contributed by atoms with Crippen LogP contribution in [0.4, 0.5) is 0 Å². The Balaban J connectivity index is 1.36. The number of fused-ring (bicyclic) bond motifs is 10. The predicted octanol–water partition coefficient (Wildman–Crippen LogP) is 3.82. The van der Waals surface area contributed by atoms with Crippen molar-refractivity contribution in [2.24, 2.45) is 0 Å². The number of benzene rings is 3. The van der Waals surface area contributed by atoms with Crippen molar-refractivity contribution in [3.05, 3.63) is 74.8 Å². The summed E-state index contributed by atoms with van der Waals surface area (Å²) in [4.78, 5) is 33.2. The number of piperazine rings is 1. The molecule has 1 saturated heterocycles. The van der Waals surface area contributed by atoms with Crippen LogP contribution >= 0.6 is 0 Å². The van der Waals surface area contributed by atoms with Crippen molar-refractivity contribution in [1.82, 2.24) is 14.7 Å². The fraction of sp³-hybridized carbons (Fsp3) is 0.400. The van der Waals surface area contributed by atoms with Crippen LogP contribution < -0.4 is 18.9 Å². The Morgan fingerprint density at radius 3 is 2.30 bits per heavy atom. The first-order valence-corrected chi connectivity index (χ1v) is 15.4. The number of phenolic OH excluding ortho intramolecular Hbond substituents is 1. The van der Waals surface area contributed by atoms with Gasteiger partial charge in [-0.25, -0.2) is 0 Å². The van der Waals surface area contributed by atoms with Crippen LogP contribution in [0, 0.1) is 25.2 Å². The summed E-state index contributed by atoms with van der Waals surface area (Å²) >= 11 is 0. The van der Waals surface area contributed by atoms with Crippen LogP contribution in [-0.4, -0.2) is 84.4 Å². The maximum absolute atomic E-state index is 13.8. The highest BCUT2D eigenvalue weighted by molar-refractivity contribution is 6.21. The summed E-state index contributed by atoms with van der Waals surface area (Å²) in [5, 5.41) is 22.6. The second-order valence-electron chi connectivity index (χ2n) is 12.7. The van der Waals surface area contributed by atoms with E-state index in [0.29, 0.717) is 47.0 Å². The number of likely N-dealkylation sites (N-methyl/N-ethyl adjacent to an activating group) is 1. The minimum atomic E-state index is -0.625. The van der Waals surface area contributed by atoms with Crippen molar-refractivity contribution in [1.29, 1.82) is 5.26 Å². The number of imide groups is 1. The van der Waals surface area contributed by atoms with E-state index < -0.39 is 12.1 Å². The van der Waals surface area contributed by atoms with Crippen molar-refractivity contribution in [3.63, 3.8) is 0 Å². The zero-order valence-corrected chi connectivity index (χ0v) is 26.3. The number of phenols is 1. The predicted molar refractivity (Wildman–Crippen MR) is 165 cm³/mol. The maximum atomic E-state index is 13.8. The number of hydrogen-bond donors (Lipinski definition) is 1. The molecule has 8 rings (SSSR count). The summed E-state index contributed by atoms with van der Waals surface area (Å²) in [7, 11) is 5.17. The third kappa shape index (κ3) is 3.59. The molecule has 46 heavy (non-hydrogen) atoms. The van der Waals surface area contributed by atoms with E-state index in [1.165, 1.54) is 4.90 Å². The summed E-state index contributed by atoms with van der Waals surface area (Å²) < 4.78 is 23.8. The van der Waals surface area contributed by atoms with Crippen LogP contribution in [-0.2, 0) is 12.8 Å². The molecule has 4 unspecified atom stereocenters. The van der Waals surface area contributed by atoms with Gasteiger partial charge in [-0.2, -0.15) is 5.26 Å². The Morgan fingerprint density at radius 2 is 1.65 bits per heavy atom. The smallest absolute Gasteiger partial charge is 0.261 e. The molecule has 1 fully saturated rings. The summed E-state index contributed by atoms with van der Waals surface area (Å²) in [6, 6.07) is 9.36. The summed E-state index contributed by atoms with van der Waals surface area (Å²) in [6.07, 6.45) is 0.993. The zero-order valence-electron chi connectivity index (χ0n) is 26.3. The largest absolute Gasteiger partial charge is 0.504 e. The van der Waals surface area contributed by atoms with E-state index in [1.807, 2.05) is 20.9 Å². The van der Waals surface area contributed by atoms with Gasteiger partial charge in [-0.15, -0.1) is 0 Å². The Morgan fingerprint density at radius 1 is 0.978 bits per heavy atom. The third-order valence-corrected chi connectivity index (χ3v) is 10.7. The van der Waals surface area contributed by atoms with Crippen LogP contribution in [0.15, 0.2) is 30.3 Å². The third-order valence-electron chi connectivity index (χ3n) is 10.7. The normalized spacial score (nSPS) is 25.8. The molecule has 5 aliphatic heterocycles. The van der Waals surface area contributed by atoms with E-state index in [2.05, 4.69) is 21.9 Å². The van der Waals surface area contributed by atoms with Crippen LogP contribution in [0.25, 0.3) is 0 Å². The van der Waals surface area contributed by atoms with Gasteiger partial charge in [0.1, 0.15) is 11.8 Å². The molecule has 0 aliphatic carbocycles. The molecule has 11 heteroatoms. The molecule has 0 radical (unpaired) electrons. The Hall–Kier alpha value is -4.79. The van der Waals surface area contributed by atoms with Gasteiger partial charge in [0.25, 0.3) is 11.8 Å². The number of aryl methyl sites for hydroxylation is 1. The Labute approximate surface area is 266 Å². The van der Waals surface area contributed by atoms with Gasteiger partial charge in [-0.3, -0.25) is 24.3 Å². The summed E-state index contributed by atoms with van der Waals surface area (Å²) in [5.74, 6) is 1.54. The first-order valence-electron chi connectivity index (χ1n) is 15.4. The number of ether oxygens (including phenoxy) is 4. The number of rotatable bonds is 4. The van der Waals surface area contributed by atoms with E-state index >= 15 is 0 Å². The van der Waals surface area contributed by atoms with Crippen molar-refractivity contribution in [2.75, 3.05) is 34.6 Å². The van der Waals surface area contributed by atoms with Gasteiger partial charge in [-0.1, -0.05) is 18.2 Å². The highest BCUT2D eigenvalue weighted by atomic mass is 16.7. The van der Waals surface area contributed by atoms with Crippen LogP contribution in [0.1, 0.15) is 66.2 Å². The average Bonchev–Trinajstić information content (AvgIpc) is 3.62. The van der Waals surface area contributed by atoms with Crippen LogP contribution in [0.3, 0.4) is 0 Å². The van der Waals surface area contributed by atoms with Gasteiger partial charge >= 0.3 is 0 Å². The lowest BCUT2D eigenvalue weighted by molar-refractivity contribution is -0.0758. The molecule has 0 spiro atoms. The van der Waals surface area contributed by atoms with E-state index in [-0.39, 0.29) is 49.0 Å². The van der Waals surface area contributed by atoms with Crippen molar-refractivity contribution in [2.45, 2.75) is 56.9 Å². The average molecular weight is 623 g/mol. The highest BCUT2D eigenvalue weighted by Gasteiger charge is 2.57. The molecule has 2 amide bonds. The highest BCUT2D eigenvalue weighted by Crippen LogP contribution is 2.58. The van der Waals surface area contributed by atoms with Gasteiger partial charge in [0.05, 0.1) is 43.5 Å². The lowest BCUT2D eigenvalue weighted by Crippen LogP contribution is -2.68. The Kier molecular flexibility index (Phi) is 6.30. The SMILES string of the molecule is COc1c(C)cc2c(c1O)C1C3Cc4c(OC)c(C)c5c(c4[C@H](CN4C(=O)c6ccccc6C4=O)N3C(C#N)C(C2)N1C)OCO5. The topological polar surface area (TPSA) is 125 Å². The number of carbonyl (C=O) groups excluding carboxylic acids is 2. The van der Waals surface area contributed by atoms with Gasteiger partial charge in [-0.05, 0) is 57.0 Å². The van der Waals surface area contributed by atoms with Gasteiger partial charge in [0.15, 0.2) is 23.0 Å². The van der Waals surface area contributed by atoms with Gasteiger partial charge in [0, 0.05) is 40.9 Å². The fourth-order valence-electron chi connectivity index (χ4n) is 8.86. The lowest BCUT2D eigenvalue weighted by Gasteiger charge is -2.60. The van der Waals surface area contributed by atoms with E-state index in [4.69, 9.17) is 18.9 Å². The number of amides is 2. The number of nitrogens with zero attached hydrogens (tertiary/aromatic N) is 4. The standard InChI is InChI=1S/C35H34N4O7/c1-16-10-18-11-22-24(13-36)39-23(28(37(22)3)26(18)29(40)30(16)43-4)12-21-27(33-32(45-15-46-33)17(2)31(21)44-5)25(39)14-38-34(41)19-8-6-7-9-20(19)35(38)42/h6-10,22-25,28,40H,11-12,14-15H2,1-5H3/t22?,23?,24?,25-,28?/m0/s1. The molecular weight excluding hydrogens is 588 g/mol. The van der Waals surface area contributed by atoms with Gasteiger partial charge < -0.3 is 24.1 Å². The molecule has 11 nitrogen and oxygen atoms in total. The molecule has 0 saturated carbocycles. The quantitative estimate of drug-likeness (QED) is 0.430.